The average molecular weight is 169 g/mol. The van der Waals surface area contributed by atoms with Gasteiger partial charge in [-0.1, -0.05) is 12.1 Å². The highest BCUT2D eigenvalue weighted by Crippen LogP contribution is 1.99. The average Bonchev–Trinajstić information content (AvgIpc) is 2.53. The molecule has 0 atom stereocenters. The van der Waals surface area contributed by atoms with Gasteiger partial charge in [0.2, 0.25) is 0 Å². The molecule has 2 N–H and O–H groups in total. The van der Waals surface area contributed by atoms with Gasteiger partial charge in [0.15, 0.2) is 5.82 Å². The smallest absolute Gasteiger partial charge is 0.320 e. The third-order valence-corrected chi connectivity index (χ3v) is 1.21. The number of carbonyl (C=O) groups is 1. The van der Waals surface area contributed by atoms with Crippen molar-refractivity contribution < 1.29 is 9.32 Å². The van der Waals surface area contributed by atoms with Crippen LogP contribution in [0.4, 0.5) is 10.6 Å². The van der Waals surface area contributed by atoms with E-state index in [4.69, 9.17) is 0 Å². The number of nitrogens with one attached hydrogen (secondary N) is 2. The van der Waals surface area contributed by atoms with Crippen LogP contribution in [-0.4, -0.2) is 17.7 Å². The molecular weight excluding hydrogens is 158 g/mol. The Balaban J connectivity index is 2.27. The summed E-state index contributed by atoms with van der Waals surface area (Å²) in [6, 6.07) is 1.32. The van der Waals surface area contributed by atoms with Gasteiger partial charge >= 0.3 is 6.03 Å². The fourth-order valence-corrected chi connectivity index (χ4v) is 0.676. The van der Waals surface area contributed by atoms with E-state index in [1.807, 2.05) is 6.92 Å². The van der Waals surface area contributed by atoms with E-state index in [9.17, 15) is 4.79 Å². The molecule has 1 aromatic heterocycles. The third kappa shape index (κ3) is 2.61. The molecule has 0 radical (unpaired) electrons. The summed E-state index contributed by atoms with van der Waals surface area (Å²) in [4.78, 5) is 11.0. The van der Waals surface area contributed by atoms with Crippen molar-refractivity contribution in [2.45, 2.75) is 13.3 Å². The maximum atomic E-state index is 11.0. The predicted molar refractivity (Wildman–Crippen MR) is 43.8 cm³/mol. The summed E-state index contributed by atoms with van der Waals surface area (Å²) in [6.07, 6.45) is 2.31. The van der Waals surface area contributed by atoms with Gasteiger partial charge in [0, 0.05) is 12.6 Å². The molecule has 0 unspecified atom stereocenters. The van der Waals surface area contributed by atoms with Crippen LogP contribution in [0.3, 0.4) is 0 Å². The molecule has 0 bridgehead atoms. The highest BCUT2D eigenvalue weighted by atomic mass is 16.5. The van der Waals surface area contributed by atoms with Gasteiger partial charge in [0.25, 0.3) is 0 Å². The first kappa shape index (κ1) is 8.58. The second kappa shape index (κ2) is 4.38. The number of carbonyl (C=O) groups excluding carboxylic acids is 1. The van der Waals surface area contributed by atoms with Crippen molar-refractivity contribution in [3.63, 3.8) is 0 Å². The summed E-state index contributed by atoms with van der Waals surface area (Å²) in [5.74, 6) is 0.420. The monoisotopic (exact) mass is 169 g/mol. The molecule has 0 aliphatic rings. The molecule has 1 rings (SSSR count). The highest BCUT2D eigenvalue weighted by molar-refractivity contribution is 5.87. The molecule has 0 fully saturated rings. The Bertz CT molecular complexity index is 233. The van der Waals surface area contributed by atoms with Gasteiger partial charge in [-0.2, -0.15) is 0 Å². The summed E-state index contributed by atoms with van der Waals surface area (Å²) < 4.78 is 4.53. The van der Waals surface area contributed by atoms with Crippen LogP contribution in [0.1, 0.15) is 13.3 Å². The summed E-state index contributed by atoms with van der Waals surface area (Å²) >= 11 is 0. The Labute approximate surface area is 70.1 Å². The van der Waals surface area contributed by atoms with E-state index in [1.54, 1.807) is 6.07 Å². The molecule has 66 valence electrons. The van der Waals surface area contributed by atoms with Crippen molar-refractivity contribution in [1.29, 1.82) is 0 Å². The molecular formula is C7H11N3O2. The van der Waals surface area contributed by atoms with Crippen LogP contribution in [0.15, 0.2) is 16.9 Å². The Kier molecular flexibility index (Phi) is 3.13. The Morgan fingerprint density at radius 1 is 1.75 bits per heavy atom. The molecule has 0 aromatic carbocycles. The zero-order valence-corrected chi connectivity index (χ0v) is 6.83. The first-order chi connectivity index (χ1) is 5.83. The topological polar surface area (TPSA) is 67.2 Å². The minimum Gasteiger partial charge on any atom is -0.363 e. The van der Waals surface area contributed by atoms with Crippen molar-refractivity contribution in [2.24, 2.45) is 0 Å². The van der Waals surface area contributed by atoms with Crippen LogP contribution in [0.25, 0.3) is 0 Å². The molecule has 1 heterocycles. The molecule has 5 nitrogen and oxygen atoms in total. The largest absolute Gasteiger partial charge is 0.363 e. The van der Waals surface area contributed by atoms with Gasteiger partial charge < -0.3 is 9.84 Å². The van der Waals surface area contributed by atoms with Crippen LogP contribution in [0, 0.1) is 0 Å². The second-order valence-corrected chi connectivity index (χ2v) is 2.27. The van der Waals surface area contributed by atoms with E-state index < -0.39 is 0 Å². The van der Waals surface area contributed by atoms with E-state index in [2.05, 4.69) is 20.3 Å². The van der Waals surface area contributed by atoms with Gasteiger partial charge in [0.05, 0.1) is 0 Å². The van der Waals surface area contributed by atoms with Gasteiger partial charge in [-0.15, -0.1) is 0 Å². The molecule has 0 aliphatic carbocycles. The number of hydrogen-bond donors (Lipinski definition) is 2. The number of nitrogens with zero attached hydrogens (tertiary/aromatic N) is 1. The standard InChI is InChI=1S/C7H11N3O2/c1-2-4-8-7(11)9-6-3-5-12-10-6/h3,5H,2,4H2,1H3,(H2,8,9,10,11). The molecule has 5 heteroatoms. The van der Waals surface area contributed by atoms with Crippen LogP contribution >= 0.6 is 0 Å². The molecule has 2 amide bonds. The van der Waals surface area contributed by atoms with Crippen molar-refractivity contribution >= 4 is 11.8 Å². The molecule has 0 saturated carbocycles. The Morgan fingerprint density at radius 3 is 3.17 bits per heavy atom. The fourth-order valence-electron chi connectivity index (χ4n) is 0.676. The lowest BCUT2D eigenvalue weighted by Gasteiger charge is -2.01. The van der Waals surface area contributed by atoms with Gasteiger partial charge in [-0.25, -0.2) is 4.79 Å². The zero-order valence-electron chi connectivity index (χ0n) is 6.83. The third-order valence-electron chi connectivity index (χ3n) is 1.21. The number of urea groups is 1. The second-order valence-electron chi connectivity index (χ2n) is 2.27. The lowest BCUT2D eigenvalue weighted by atomic mass is 10.5. The van der Waals surface area contributed by atoms with Gasteiger partial charge in [-0.3, -0.25) is 5.32 Å². The van der Waals surface area contributed by atoms with Crippen molar-refractivity contribution in [1.82, 2.24) is 10.5 Å². The first-order valence-corrected chi connectivity index (χ1v) is 3.78. The van der Waals surface area contributed by atoms with E-state index in [0.717, 1.165) is 6.42 Å². The Morgan fingerprint density at radius 2 is 2.58 bits per heavy atom. The SMILES string of the molecule is CCCNC(=O)Nc1ccon1. The summed E-state index contributed by atoms with van der Waals surface area (Å²) in [5.41, 5.74) is 0. The molecule has 1 aromatic rings. The molecule has 0 spiro atoms. The van der Waals surface area contributed by atoms with Gasteiger partial charge in [0.1, 0.15) is 6.26 Å². The number of anilines is 1. The van der Waals surface area contributed by atoms with E-state index >= 15 is 0 Å². The van der Waals surface area contributed by atoms with E-state index in [-0.39, 0.29) is 6.03 Å². The van der Waals surface area contributed by atoms with Crippen LogP contribution in [0.5, 0.6) is 0 Å². The fraction of sp³-hybridized carbons (Fsp3) is 0.429. The minimum absolute atomic E-state index is 0.259. The minimum atomic E-state index is -0.259. The predicted octanol–water partition coefficient (Wildman–Crippen LogP) is 1.21. The quantitative estimate of drug-likeness (QED) is 0.714. The van der Waals surface area contributed by atoms with Crippen molar-refractivity contribution in [3.8, 4) is 0 Å². The maximum Gasteiger partial charge on any atom is 0.320 e. The Hall–Kier alpha value is -1.52. The normalized spacial score (nSPS) is 9.42. The summed E-state index contributed by atoms with van der Waals surface area (Å²) in [7, 11) is 0. The highest BCUT2D eigenvalue weighted by Gasteiger charge is 2.00. The molecule has 12 heavy (non-hydrogen) atoms. The number of aromatic nitrogens is 1. The van der Waals surface area contributed by atoms with Crippen LogP contribution in [0.2, 0.25) is 0 Å². The zero-order chi connectivity index (χ0) is 8.81. The lowest BCUT2D eigenvalue weighted by Crippen LogP contribution is -2.29. The molecule has 0 aliphatic heterocycles. The summed E-state index contributed by atoms with van der Waals surface area (Å²) in [6.45, 7) is 2.64. The van der Waals surface area contributed by atoms with E-state index in [1.165, 1.54) is 6.26 Å². The van der Waals surface area contributed by atoms with Crippen LogP contribution < -0.4 is 10.6 Å². The maximum absolute atomic E-state index is 11.0. The lowest BCUT2D eigenvalue weighted by molar-refractivity contribution is 0.252. The molecule has 0 saturated heterocycles. The number of rotatable bonds is 3. The number of hydrogen-bond acceptors (Lipinski definition) is 3. The first-order valence-electron chi connectivity index (χ1n) is 3.78. The van der Waals surface area contributed by atoms with E-state index in [0.29, 0.717) is 12.4 Å². The van der Waals surface area contributed by atoms with Crippen LogP contribution in [-0.2, 0) is 0 Å². The van der Waals surface area contributed by atoms with Crippen molar-refractivity contribution in [3.05, 3.63) is 12.3 Å². The van der Waals surface area contributed by atoms with Gasteiger partial charge in [-0.05, 0) is 6.42 Å². The number of amides is 2. The summed E-state index contributed by atoms with van der Waals surface area (Å²) in [5, 5.41) is 8.66. The van der Waals surface area contributed by atoms with Crippen molar-refractivity contribution in [2.75, 3.05) is 11.9 Å².